The van der Waals surface area contributed by atoms with E-state index in [4.69, 9.17) is 32.5 Å². The average Bonchev–Trinajstić information content (AvgIpc) is 3.09. The minimum absolute atomic E-state index is 0.190. The van der Waals surface area contributed by atoms with Crippen LogP contribution in [0.3, 0.4) is 0 Å². The van der Waals surface area contributed by atoms with E-state index >= 15 is 0 Å². The van der Waals surface area contributed by atoms with E-state index in [2.05, 4.69) is 15.1 Å². The lowest BCUT2D eigenvalue weighted by molar-refractivity contribution is 0.285. The van der Waals surface area contributed by atoms with Gasteiger partial charge in [0.05, 0.1) is 21.1 Å². The minimum Gasteiger partial charge on any atom is -0.485 e. The van der Waals surface area contributed by atoms with Crippen molar-refractivity contribution in [3.05, 3.63) is 70.1 Å². The molecule has 2 heterocycles. The fraction of sp³-hybridized carbons (Fsp3) is 0.105. The van der Waals surface area contributed by atoms with Crippen molar-refractivity contribution < 1.29 is 9.26 Å². The van der Waals surface area contributed by atoms with E-state index < -0.39 is 0 Å². The standard InChI is InChI=1S/C19H13Cl2N3O2/c1-11-4-2-3-5-15(11)25-10-16-23-19(26-24-16)17-14(21)7-6-12-8-13(20)9-22-18(12)17/h2-9H,10H2,1H3. The summed E-state index contributed by atoms with van der Waals surface area (Å²) in [6, 6.07) is 13.1. The summed E-state index contributed by atoms with van der Waals surface area (Å²) in [4.78, 5) is 8.76. The van der Waals surface area contributed by atoms with E-state index in [0.717, 1.165) is 16.7 Å². The van der Waals surface area contributed by atoms with Gasteiger partial charge in [-0.3, -0.25) is 4.98 Å². The highest BCUT2D eigenvalue weighted by Crippen LogP contribution is 2.34. The number of nitrogens with zero attached hydrogens (tertiary/aromatic N) is 3. The molecule has 0 aliphatic carbocycles. The van der Waals surface area contributed by atoms with Crippen LogP contribution in [0, 0.1) is 6.92 Å². The molecule has 0 radical (unpaired) electrons. The van der Waals surface area contributed by atoms with Crippen molar-refractivity contribution in [3.8, 4) is 17.2 Å². The second-order valence-electron chi connectivity index (χ2n) is 5.72. The third-order valence-electron chi connectivity index (χ3n) is 3.90. The van der Waals surface area contributed by atoms with Crippen molar-refractivity contribution in [2.75, 3.05) is 0 Å². The third-order valence-corrected chi connectivity index (χ3v) is 4.42. The number of aryl methyl sites for hydroxylation is 1. The molecule has 4 rings (SSSR count). The van der Waals surface area contributed by atoms with Gasteiger partial charge in [0.25, 0.3) is 5.89 Å². The Morgan fingerprint density at radius 3 is 2.81 bits per heavy atom. The van der Waals surface area contributed by atoms with E-state index in [1.54, 1.807) is 12.3 Å². The zero-order valence-corrected chi connectivity index (χ0v) is 15.3. The van der Waals surface area contributed by atoms with Gasteiger partial charge in [-0.05, 0) is 30.7 Å². The van der Waals surface area contributed by atoms with Gasteiger partial charge in [-0.2, -0.15) is 4.98 Å². The predicted octanol–water partition coefficient (Wildman–Crippen LogP) is 5.48. The zero-order valence-electron chi connectivity index (χ0n) is 13.7. The first kappa shape index (κ1) is 16.8. The highest BCUT2D eigenvalue weighted by Gasteiger charge is 2.17. The maximum atomic E-state index is 6.35. The lowest BCUT2D eigenvalue weighted by Gasteiger charge is -2.06. The average molecular weight is 386 g/mol. The molecule has 130 valence electrons. The van der Waals surface area contributed by atoms with Crippen LogP contribution in [-0.4, -0.2) is 15.1 Å². The van der Waals surface area contributed by atoms with Crippen LogP contribution in [0.2, 0.25) is 10.0 Å². The Balaban J connectivity index is 1.65. The van der Waals surface area contributed by atoms with Gasteiger partial charge < -0.3 is 9.26 Å². The van der Waals surface area contributed by atoms with Crippen molar-refractivity contribution in [2.24, 2.45) is 0 Å². The first-order valence-corrected chi connectivity index (χ1v) is 8.62. The fourth-order valence-electron chi connectivity index (χ4n) is 2.63. The second kappa shape index (κ2) is 6.94. The van der Waals surface area contributed by atoms with Crippen LogP contribution in [0.25, 0.3) is 22.4 Å². The van der Waals surface area contributed by atoms with Crippen LogP contribution in [0.1, 0.15) is 11.4 Å². The normalized spacial score (nSPS) is 11.0. The molecule has 0 saturated carbocycles. The van der Waals surface area contributed by atoms with E-state index in [-0.39, 0.29) is 6.61 Å². The van der Waals surface area contributed by atoms with Crippen LogP contribution in [0.4, 0.5) is 0 Å². The minimum atomic E-state index is 0.190. The van der Waals surface area contributed by atoms with Gasteiger partial charge in [-0.15, -0.1) is 0 Å². The number of ether oxygens (including phenoxy) is 1. The van der Waals surface area contributed by atoms with Gasteiger partial charge in [-0.25, -0.2) is 0 Å². The Kier molecular flexibility index (Phi) is 4.49. The number of pyridine rings is 1. The molecule has 0 amide bonds. The molecular formula is C19H13Cl2N3O2. The monoisotopic (exact) mass is 385 g/mol. The van der Waals surface area contributed by atoms with Gasteiger partial charge >= 0.3 is 0 Å². The van der Waals surface area contributed by atoms with Crippen molar-refractivity contribution in [2.45, 2.75) is 13.5 Å². The lowest BCUT2D eigenvalue weighted by Crippen LogP contribution is -1.98. The van der Waals surface area contributed by atoms with Gasteiger partial charge in [0.2, 0.25) is 5.82 Å². The van der Waals surface area contributed by atoms with Gasteiger partial charge in [0.15, 0.2) is 6.61 Å². The van der Waals surface area contributed by atoms with Crippen LogP contribution in [0.15, 0.2) is 53.2 Å². The summed E-state index contributed by atoms with van der Waals surface area (Å²) >= 11 is 12.4. The summed E-state index contributed by atoms with van der Waals surface area (Å²) < 4.78 is 11.1. The second-order valence-corrected chi connectivity index (χ2v) is 6.56. The van der Waals surface area contributed by atoms with Crippen LogP contribution < -0.4 is 4.74 Å². The highest BCUT2D eigenvalue weighted by atomic mass is 35.5. The van der Waals surface area contributed by atoms with Crippen molar-refractivity contribution >= 4 is 34.1 Å². The number of aromatic nitrogens is 3. The molecule has 0 aliphatic rings. The lowest BCUT2D eigenvalue weighted by atomic mass is 10.1. The Bertz CT molecular complexity index is 1100. The third kappa shape index (κ3) is 3.23. The molecule has 0 spiro atoms. The number of halogens is 2. The molecule has 0 bridgehead atoms. The number of hydrogen-bond acceptors (Lipinski definition) is 5. The van der Waals surface area contributed by atoms with E-state index in [9.17, 15) is 0 Å². The summed E-state index contributed by atoms with van der Waals surface area (Å²) in [5.74, 6) is 1.49. The van der Waals surface area contributed by atoms with E-state index in [1.807, 2.05) is 43.3 Å². The summed E-state index contributed by atoms with van der Waals surface area (Å²) in [5, 5.41) is 5.84. The molecule has 0 N–H and O–H groups in total. The van der Waals surface area contributed by atoms with Crippen molar-refractivity contribution in [3.63, 3.8) is 0 Å². The number of para-hydroxylation sites is 1. The van der Waals surface area contributed by atoms with Gasteiger partial charge in [0.1, 0.15) is 5.75 Å². The molecule has 0 saturated heterocycles. The Morgan fingerprint density at radius 2 is 1.96 bits per heavy atom. The first-order chi connectivity index (χ1) is 12.6. The highest BCUT2D eigenvalue weighted by molar-refractivity contribution is 6.35. The number of benzene rings is 2. The largest absolute Gasteiger partial charge is 0.485 e. The zero-order chi connectivity index (χ0) is 18.1. The molecular weight excluding hydrogens is 373 g/mol. The SMILES string of the molecule is Cc1ccccc1OCc1noc(-c2c(Cl)ccc3cc(Cl)cnc23)n1. The Hall–Kier alpha value is -2.63. The van der Waals surface area contributed by atoms with Gasteiger partial charge in [-0.1, -0.05) is 52.6 Å². The number of rotatable bonds is 4. The summed E-state index contributed by atoms with van der Waals surface area (Å²) in [6.45, 7) is 2.17. The molecule has 0 fully saturated rings. The predicted molar refractivity (Wildman–Crippen MR) is 101 cm³/mol. The van der Waals surface area contributed by atoms with Crippen molar-refractivity contribution in [1.82, 2.24) is 15.1 Å². The maximum Gasteiger partial charge on any atom is 0.261 e. The summed E-state index contributed by atoms with van der Waals surface area (Å²) in [5.41, 5.74) is 2.27. The quantitative estimate of drug-likeness (QED) is 0.465. The van der Waals surface area contributed by atoms with E-state index in [1.165, 1.54) is 0 Å². The van der Waals surface area contributed by atoms with Crippen LogP contribution >= 0.6 is 23.2 Å². The van der Waals surface area contributed by atoms with Crippen LogP contribution in [0.5, 0.6) is 5.75 Å². The first-order valence-electron chi connectivity index (χ1n) is 7.87. The maximum absolute atomic E-state index is 6.35. The molecule has 2 aromatic heterocycles. The van der Waals surface area contributed by atoms with Crippen molar-refractivity contribution in [1.29, 1.82) is 0 Å². The molecule has 4 aromatic rings. The molecule has 0 unspecified atom stereocenters. The van der Waals surface area contributed by atoms with Gasteiger partial charge in [0, 0.05) is 11.6 Å². The van der Waals surface area contributed by atoms with E-state index in [0.29, 0.717) is 32.8 Å². The summed E-state index contributed by atoms with van der Waals surface area (Å²) in [7, 11) is 0. The van der Waals surface area contributed by atoms with Crippen LogP contribution in [-0.2, 0) is 6.61 Å². The Morgan fingerprint density at radius 1 is 1.12 bits per heavy atom. The number of hydrogen-bond donors (Lipinski definition) is 0. The molecule has 5 nitrogen and oxygen atoms in total. The molecule has 26 heavy (non-hydrogen) atoms. The molecule has 0 atom stereocenters. The topological polar surface area (TPSA) is 61.0 Å². The molecule has 2 aromatic carbocycles. The smallest absolute Gasteiger partial charge is 0.261 e. The molecule has 7 heteroatoms. The molecule has 0 aliphatic heterocycles. The fourth-order valence-corrected chi connectivity index (χ4v) is 3.03. The number of fused-ring (bicyclic) bond motifs is 1. The summed E-state index contributed by atoms with van der Waals surface area (Å²) in [6.07, 6.45) is 1.56. The Labute approximate surface area is 159 Å².